The zero-order valence-corrected chi connectivity index (χ0v) is 18.5. The third-order valence-corrected chi connectivity index (χ3v) is 7.67. The van der Waals surface area contributed by atoms with Gasteiger partial charge in [0.1, 0.15) is 6.04 Å². The molecule has 3 aromatic carbocycles. The van der Waals surface area contributed by atoms with Crippen molar-refractivity contribution in [2.75, 3.05) is 0 Å². The number of hydrogen-bond donors (Lipinski definition) is 2. The molecule has 0 radical (unpaired) electrons. The maximum atomic E-state index is 12.8. The minimum absolute atomic E-state index is 0.00615. The van der Waals surface area contributed by atoms with Gasteiger partial charge in [0, 0.05) is 16.1 Å². The number of carboxylic acid groups (broad SMARTS) is 1. The fourth-order valence-electron chi connectivity index (χ4n) is 3.31. The van der Waals surface area contributed by atoms with E-state index >= 15 is 0 Å². The standard InChI is InChI=1S/C23H18ClNO4S2/c24-18-9-5-15(6-10-18)16-7-11-19(12-8-16)31(28,29)25-21(23(26)27)13-17-14-30-22-4-2-1-3-20(17)22/h1-12,14,21,25H,13H2,(H,26,27)/t21-/m1/s1. The number of hydrogen-bond acceptors (Lipinski definition) is 4. The molecule has 4 aromatic rings. The molecule has 0 amide bonds. The molecule has 0 unspecified atom stereocenters. The first-order valence-electron chi connectivity index (χ1n) is 9.40. The number of rotatable bonds is 7. The normalized spacial score (nSPS) is 12.7. The van der Waals surface area contributed by atoms with Crippen LogP contribution in [-0.4, -0.2) is 25.5 Å². The van der Waals surface area contributed by atoms with E-state index in [9.17, 15) is 18.3 Å². The van der Waals surface area contributed by atoms with Crippen molar-refractivity contribution in [1.29, 1.82) is 0 Å². The number of nitrogens with one attached hydrogen (secondary N) is 1. The van der Waals surface area contributed by atoms with Crippen molar-refractivity contribution in [1.82, 2.24) is 4.72 Å². The quantitative estimate of drug-likeness (QED) is 0.388. The van der Waals surface area contributed by atoms with Gasteiger partial charge in [-0.25, -0.2) is 8.42 Å². The highest BCUT2D eigenvalue weighted by Crippen LogP contribution is 2.27. The number of benzene rings is 3. The third kappa shape index (κ3) is 4.80. The van der Waals surface area contributed by atoms with Crippen LogP contribution in [0.3, 0.4) is 0 Å². The molecule has 1 aromatic heterocycles. The highest BCUT2D eigenvalue weighted by Gasteiger charge is 2.26. The van der Waals surface area contributed by atoms with Gasteiger partial charge in [-0.05, 0) is 57.8 Å². The summed E-state index contributed by atoms with van der Waals surface area (Å²) in [4.78, 5) is 11.8. The first kappa shape index (κ1) is 21.5. The van der Waals surface area contributed by atoms with Gasteiger partial charge < -0.3 is 5.11 Å². The van der Waals surface area contributed by atoms with Crippen molar-refractivity contribution in [3.05, 3.63) is 88.8 Å². The number of sulfonamides is 1. The van der Waals surface area contributed by atoms with E-state index in [1.165, 1.54) is 23.5 Å². The van der Waals surface area contributed by atoms with Crippen LogP contribution >= 0.6 is 22.9 Å². The number of fused-ring (bicyclic) bond motifs is 1. The molecule has 0 spiro atoms. The largest absolute Gasteiger partial charge is 0.480 e. The summed E-state index contributed by atoms with van der Waals surface area (Å²) in [5, 5.41) is 13.1. The van der Waals surface area contributed by atoms with Gasteiger partial charge in [0.15, 0.2) is 0 Å². The molecule has 0 saturated carbocycles. The molecule has 158 valence electrons. The van der Waals surface area contributed by atoms with Crippen molar-refractivity contribution in [2.45, 2.75) is 17.4 Å². The molecule has 31 heavy (non-hydrogen) atoms. The highest BCUT2D eigenvalue weighted by molar-refractivity contribution is 7.89. The zero-order chi connectivity index (χ0) is 22.0. The lowest BCUT2D eigenvalue weighted by molar-refractivity contribution is -0.138. The van der Waals surface area contributed by atoms with E-state index in [-0.39, 0.29) is 11.3 Å². The Morgan fingerprint density at radius 2 is 1.58 bits per heavy atom. The van der Waals surface area contributed by atoms with E-state index in [2.05, 4.69) is 4.72 Å². The molecule has 2 N–H and O–H groups in total. The smallest absolute Gasteiger partial charge is 0.322 e. The van der Waals surface area contributed by atoms with Crippen molar-refractivity contribution >= 4 is 49.0 Å². The molecule has 0 fully saturated rings. The predicted molar refractivity (Wildman–Crippen MR) is 124 cm³/mol. The number of aliphatic carboxylic acids is 1. The second-order valence-corrected chi connectivity index (χ2v) is 10.1. The van der Waals surface area contributed by atoms with Crippen LogP contribution in [0.1, 0.15) is 5.56 Å². The summed E-state index contributed by atoms with van der Waals surface area (Å²) < 4.78 is 29.1. The topological polar surface area (TPSA) is 83.5 Å². The average Bonchev–Trinajstić information content (AvgIpc) is 3.17. The summed E-state index contributed by atoms with van der Waals surface area (Å²) in [7, 11) is -4.02. The zero-order valence-electron chi connectivity index (χ0n) is 16.2. The molecular formula is C23H18ClNO4S2. The van der Waals surface area contributed by atoms with Gasteiger partial charge in [0.25, 0.3) is 0 Å². The number of carboxylic acids is 1. The van der Waals surface area contributed by atoms with Crippen LogP contribution in [0.5, 0.6) is 0 Å². The number of carbonyl (C=O) groups is 1. The lowest BCUT2D eigenvalue weighted by atomic mass is 10.1. The van der Waals surface area contributed by atoms with Crippen LogP contribution in [0.4, 0.5) is 0 Å². The van der Waals surface area contributed by atoms with Gasteiger partial charge in [0.2, 0.25) is 10.0 Å². The SMILES string of the molecule is O=C(O)[C@@H](Cc1csc2ccccc12)NS(=O)(=O)c1ccc(-c2ccc(Cl)cc2)cc1. The second kappa shape index (κ2) is 8.80. The van der Waals surface area contributed by atoms with Gasteiger partial charge >= 0.3 is 5.97 Å². The number of halogens is 1. The van der Waals surface area contributed by atoms with Crippen LogP contribution in [0.15, 0.2) is 83.1 Å². The fraction of sp³-hybridized carbons (Fsp3) is 0.0870. The first-order valence-corrected chi connectivity index (χ1v) is 12.1. The van der Waals surface area contributed by atoms with Crippen LogP contribution in [-0.2, 0) is 21.2 Å². The molecule has 0 aliphatic carbocycles. The Balaban J connectivity index is 1.55. The van der Waals surface area contributed by atoms with Crippen LogP contribution < -0.4 is 4.72 Å². The Kier molecular flexibility index (Phi) is 6.11. The average molecular weight is 472 g/mol. The Bertz CT molecular complexity index is 1330. The molecule has 1 heterocycles. The van der Waals surface area contributed by atoms with Crippen molar-refractivity contribution in [3.63, 3.8) is 0 Å². The summed E-state index contributed by atoms with van der Waals surface area (Å²) in [6.45, 7) is 0. The molecule has 1 atom stereocenters. The monoisotopic (exact) mass is 471 g/mol. The van der Waals surface area contributed by atoms with E-state index in [1.54, 1.807) is 24.3 Å². The van der Waals surface area contributed by atoms with Crippen LogP contribution in [0.25, 0.3) is 21.2 Å². The Morgan fingerprint density at radius 3 is 2.23 bits per heavy atom. The highest BCUT2D eigenvalue weighted by atomic mass is 35.5. The van der Waals surface area contributed by atoms with Gasteiger partial charge in [-0.2, -0.15) is 4.72 Å². The first-order chi connectivity index (χ1) is 14.8. The third-order valence-electron chi connectivity index (χ3n) is 4.92. The van der Waals surface area contributed by atoms with E-state index in [1.807, 2.05) is 41.8 Å². The maximum absolute atomic E-state index is 12.8. The Labute approximate surface area is 189 Å². The number of thiophene rings is 1. The molecule has 0 aliphatic rings. The van der Waals surface area contributed by atoms with Crippen LogP contribution in [0.2, 0.25) is 5.02 Å². The van der Waals surface area contributed by atoms with E-state index in [4.69, 9.17) is 11.6 Å². The van der Waals surface area contributed by atoms with Gasteiger partial charge in [0.05, 0.1) is 4.90 Å². The summed E-state index contributed by atoms with van der Waals surface area (Å²) in [5.74, 6) is -1.23. The van der Waals surface area contributed by atoms with Crippen molar-refractivity contribution in [2.24, 2.45) is 0 Å². The lowest BCUT2D eigenvalue weighted by Gasteiger charge is -2.15. The summed E-state index contributed by atoms with van der Waals surface area (Å²) in [6, 6.07) is 19.9. The second-order valence-electron chi connectivity index (χ2n) is 7.00. The van der Waals surface area contributed by atoms with Crippen molar-refractivity contribution in [3.8, 4) is 11.1 Å². The molecule has 0 aliphatic heterocycles. The summed E-state index contributed by atoms with van der Waals surface area (Å²) in [5.41, 5.74) is 2.53. The van der Waals surface area contributed by atoms with Gasteiger partial charge in [-0.15, -0.1) is 11.3 Å². The lowest BCUT2D eigenvalue weighted by Crippen LogP contribution is -2.42. The van der Waals surface area contributed by atoms with Gasteiger partial charge in [-0.1, -0.05) is 54.1 Å². The molecular weight excluding hydrogens is 454 g/mol. The Morgan fingerprint density at radius 1 is 0.968 bits per heavy atom. The molecule has 0 bridgehead atoms. The van der Waals surface area contributed by atoms with Gasteiger partial charge in [-0.3, -0.25) is 4.79 Å². The summed E-state index contributed by atoms with van der Waals surface area (Å²) in [6.07, 6.45) is 0.0570. The maximum Gasteiger partial charge on any atom is 0.322 e. The summed E-state index contributed by atoms with van der Waals surface area (Å²) >= 11 is 7.41. The molecule has 4 rings (SSSR count). The molecule has 5 nitrogen and oxygen atoms in total. The Hall–Kier alpha value is -2.71. The fourth-order valence-corrected chi connectivity index (χ4v) is 5.61. The van der Waals surface area contributed by atoms with E-state index in [0.29, 0.717) is 5.02 Å². The minimum Gasteiger partial charge on any atom is -0.480 e. The minimum atomic E-state index is -4.02. The van der Waals surface area contributed by atoms with E-state index < -0.39 is 22.0 Å². The predicted octanol–water partition coefficient (Wildman–Crippen LogP) is 5.20. The molecule has 8 heteroatoms. The van der Waals surface area contributed by atoms with Crippen LogP contribution in [0, 0.1) is 0 Å². The van der Waals surface area contributed by atoms with E-state index in [0.717, 1.165) is 26.8 Å². The molecule has 0 saturated heterocycles. The van der Waals surface area contributed by atoms with Crippen molar-refractivity contribution < 1.29 is 18.3 Å².